The van der Waals surface area contributed by atoms with Crippen LogP contribution in [-0.2, 0) is 9.84 Å². The summed E-state index contributed by atoms with van der Waals surface area (Å²) in [4.78, 5) is 0. The van der Waals surface area contributed by atoms with Crippen LogP contribution in [0.2, 0.25) is 0 Å². The van der Waals surface area contributed by atoms with E-state index in [0.717, 1.165) is 12.8 Å². The number of nitrogens with zero attached hydrogens (tertiary/aromatic N) is 1. The maximum Gasteiger partial charge on any atom is 0.159 e. The molecule has 4 heteroatoms. The summed E-state index contributed by atoms with van der Waals surface area (Å²) in [6.45, 7) is 0. The SMILES string of the molecule is N#CC1=CC2CCCC(C1)S2(=O)=O. The van der Waals surface area contributed by atoms with Gasteiger partial charge in [0.2, 0.25) is 0 Å². The van der Waals surface area contributed by atoms with Crippen molar-refractivity contribution in [3.8, 4) is 6.07 Å². The van der Waals surface area contributed by atoms with Gasteiger partial charge in [-0.25, -0.2) is 8.42 Å². The molecular weight excluding hydrogens is 186 g/mol. The van der Waals surface area contributed by atoms with Crippen LogP contribution in [0.4, 0.5) is 0 Å². The smallest absolute Gasteiger partial charge is 0.159 e. The molecule has 2 atom stereocenters. The van der Waals surface area contributed by atoms with E-state index >= 15 is 0 Å². The molecule has 2 aliphatic heterocycles. The summed E-state index contributed by atoms with van der Waals surface area (Å²) in [6, 6.07) is 2.07. The summed E-state index contributed by atoms with van der Waals surface area (Å²) in [5.74, 6) is 0. The minimum Gasteiger partial charge on any atom is -0.228 e. The van der Waals surface area contributed by atoms with E-state index in [4.69, 9.17) is 5.26 Å². The molecule has 2 unspecified atom stereocenters. The molecule has 0 aromatic heterocycles. The van der Waals surface area contributed by atoms with Gasteiger partial charge in [-0.1, -0.05) is 12.5 Å². The normalized spacial score (nSPS) is 36.1. The second kappa shape index (κ2) is 2.85. The van der Waals surface area contributed by atoms with Crippen molar-refractivity contribution >= 4 is 9.84 Å². The number of nitriles is 1. The molecule has 2 rings (SSSR count). The van der Waals surface area contributed by atoms with Gasteiger partial charge in [0.1, 0.15) is 0 Å². The average molecular weight is 197 g/mol. The van der Waals surface area contributed by atoms with Crippen LogP contribution >= 0.6 is 0 Å². The minimum absolute atomic E-state index is 0.272. The Bertz CT molecular complexity index is 388. The zero-order chi connectivity index (χ0) is 9.47. The van der Waals surface area contributed by atoms with Gasteiger partial charge in [-0.2, -0.15) is 5.26 Å². The maximum atomic E-state index is 11.7. The van der Waals surface area contributed by atoms with E-state index in [1.807, 2.05) is 0 Å². The van der Waals surface area contributed by atoms with E-state index in [-0.39, 0.29) is 10.5 Å². The molecule has 1 fully saturated rings. The van der Waals surface area contributed by atoms with Crippen molar-refractivity contribution in [3.63, 3.8) is 0 Å². The van der Waals surface area contributed by atoms with Crippen molar-refractivity contribution in [3.05, 3.63) is 11.6 Å². The number of sulfone groups is 1. The molecule has 0 aromatic carbocycles. The first-order valence-corrected chi connectivity index (χ1v) is 6.09. The second-order valence-corrected chi connectivity index (χ2v) is 6.14. The number of hydrogen-bond acceptors (Lipinski definition) is 3. The molecule has 2 aliphatic rings. The third kappa shape index (κ3) is 1.28. The molecular formula is C9H11NO2S. The molecule has 70 valence electrons. The molecule has 0 aromatic rings. The first-order chi connectivity index (χ1) is 6.14. The Hall–Kier alpha value is -0.820. The van der Waals surface area contributed by atoms with Crippen LogP contribution in [0, 0.1) is 11.3 Å². The van der Waals surface area contributed by atoms with Gasteiger partial charge in [0, 0.05) is 5.57 Å². The molecule has 0 amide bonds. The lowest BCUT2D eigenvalue weighted by Gasteiger charge is -2.31. The molecule has 2 heterocycles. The number of hydrogen-bond donors (Lipinski definition) is 0. The Morgan fingerprint density at radius 1 is 1.46 bits per heavy atom. The largest absolute Gasteiger partial charge is 0.228 e. The molecule has 0 N–H and O–H groups in total. The quantitative estimate of drug-likeness (QED) is 0.585. The number of fused-ring (bicyclic) bond motifs is 2. The maximum absolute atomic E-state index is 11.7. The van der Waals surface area contributed by atoms with Crippen molar-refractivity contribution in [2.75, 3.05) is 0 Å². The van der Waals surface area contributed by atoms with E-state index in [2.05, 4.69) is 6.07 Å². The Kier molecular flexibility index (Phi) is 1.92. The average Bonchev–Trinajstić information content (AvgIpc) is 2.02. The van der Waals surface area contributed by atoms with Crippen molar-refractivity contribution in [2.24, 2.45) is 0 Å². The number of allylic oxidation sites excluding steroid dienone is 1. The highest BCUT2D eigenvalue weighted by atomic mass is 32.2. The highest BCUT2D eigenvalue weighted by Gasteiger charge is 2.40. The summed E-state index contributed by atoms with van der Waals surface area (Å²) >= 11 is 0. The highest BCUT2D eigenvalue weighted by molar-refractivity contribution is 7.92. The van der Waals surface area contributed by atoms with E-state index < -0.39 is 9.84 Å². The van der Waals surface area contributed by atoms with E-state index in [9.17, 15) is 8.42 Å². The minimum atomic E-state index is -2.94. The first kappa shape index (κ1) is 8.76. The monoisotopic (exact) mass is 197 g/mol. The Morgan fingerprint density at radius 2 is 2.23 bits per heavy atom. The zero-order valence-corrected chi connectivity index (χ0v) is 8.05. The van der Waals surface area contributed by atoms with Crippen molar-refractivity contribution in [1.82, 2.24) is 0 Å². The van der Waals surface area contributed by atoms with Crippen LogP contribution in [0.5, 0.6) is 0 Å². The lowest BCUT2D eigenvalue weighted by Crippen LogP contribution is -2.38. The summed E-state index contributed by atoms with van der Waals surface area (Å²) in [5, 5.41) is 8.06. The van der Waals surface area contributed by atoms with Gasteiger partial charge in [-0.3, -0.25) is 0 Å². The van der Waals surface area contributed by atoms with Gasteiger partial charge in [0.25, 0.3) is 0 Å². The Balaban J connectivity index is 2.45. The van der Waals surface area contributed by atoms with Crippen LogP contribution in [0.25, 0.3) is 0 Å². The summed E-state index contributed by atoms with van der Waals surface area (Å²) in [7, 11) is -2.94. The third-order valence-electron chi connectivity index (χ3n) is 2.88. The van der Waals surface area contributed by atoms with Crippen molar-refractivity contribution in [1.29, 1.82) is 5.26 Å². The fourth-order valence-corrected chi connectivity index (χ4v) is 4.39. The van der Waals surface area contributed by atoms with Gasteiger partial charge in [0.15, 0.2) is 9.84 Å². The second-order valence-electron chi connectivity index (χ2n) is 3.69. The summed E-state index contributed by atoms with van der Waals surface area (Å²) in [6.07, 6.45) is 4.49. The molecule has 0 saturated carbocycles. The van der Waals surface area contributed by atoms with Crippen LogP contribution in [0.15, 0.2) is 11.6 Å². The van der Waals surface area contributed by atoms with Crippen LogP contribution in [-0.4, -0.2) is 18.9 Å². The van der Waals surface area contributed by atoms with E-state index in [1.165, 1.54) is 0 Å². The molecule has 3 nitrogen and oxygen atoms in total. The Labute approximate surface area is 78.0 Å². The van der Waals surface area contributed by atoms with Crippen LogP contribution < -0.4 is 0 Å². The van der Waals surface area contributed by atoms with E-state index in [1.54, 1.807) is 6.08 Å². The van der Waals surface area contributed by atoms with Gasteiger partial charge in [-0.15, -0.1) is 0 Å². The Morgan fingerprint density at radius 3 is 2.85 bits per heavy atom. The summed E-state index contributed by atoms with van der Waals surface area (Å²) < 4.78 is 23.4. The number of rotatable bonds is 0. The topological polar surface area (TPSA) is 57.9 Å². The molecule has 0 aliphatic carbocycles. The molecule has 0 radical (unpaired) electrons. The predicted molar refractivity (Wildman–Crippen MR) is 48.7 cm³/mol. The lowest BCUT2D eigenvalue weighted by atomic mass is 9.99. The van der Waals surface area contributed by atoms with Crippen LogP contribution in [0.3, 0.4) is 0 Å². The van der Waals surface area contributed by atoms with Gasteiger partial charge in [0.05, 0.1) is 16.6 Å². The third-order valence-corrected chi connectivity index (χ3v) is 5.43. The molecule has 0 spiro atoms. The van der Waals surface area contributed by atoms with Crippen LogP contribution in [0.1, 0.15) is 25.7 Å². The highest BCUT2D eigenvalue weighted by Crippen LogP contribution is 2.35. The molecule has 13 heavy (non-hydrogen) atoms. The van der Waals surface area contributed by atoms with Gasteiger partial charge >= 0.3 is 0 Å². The van der Waals surface area contributed by atoms with Gasteiger partial charge < -0.3 is 0 Å². The van der Waals surface area contributed by atoms with Crippen molar-refractivity contribution < 1.29 is 8.42 Å². The first-order valence-electron chi connectivity index (χ1n) is 4.48. The fourth-order valence-electron chi connectivity index (χ4n) is 2.14. The molecule has 2 bridgehead atoms. The standard InChI is InChI=1S/C9H11NO2S/c10-6-7-4-8-2-1-3-9(5-7)13(8,11)12/h4,8-9H,1-3,5H2. The van der Waals surface area contributed by atoms with E-state index in [0.29, 0.717) is 18.4 Å². The van der Waals surface area contributed by atoms with Crippen molar-refractivity contribution in [2.45, 2.75) is 36.2 Å². The zero-order valence-electron chi connectivity index (χ0n) is 7.23. The summed E-state index contributed by atoms with van der Waals surface area (Å²) in [5.41, 5.74) is 0.657. The molecule has 1 saturated heterocycles. The van der Waals surface area contributed by atoms with Gasteiger partial charge in [-0.05, 0) is 19.3 Å². The lowest BCUT2D eigenvalue weighted by molar-refractivity contribution is 0.512. The predicted octanol–water partition coefficient (Wildman–Crippen LogP) is 1.18. The fraction of sp³-hybridized carbons (Fsp3) is 0.667.